The quantitative estimate of drug-likeness (QED) is 0.725. The summed E-state index contributed by atoms with van der Waals surface area (Å²) in [5.41, 5.74) is 0.934. The first-order valence-electron chi connectivity index (χ1n) is 6.59. The van der Waals surface area contributed by atoms with Gasteiger partial charge in [-0.1, -0.05) is 12.1 Å². The molecule has 6 heteroatoms. The van der Waals surface area contributed by atoms with Gasteiger partial charge in [-0.3, -0.25) is 0 Å². The van der Waals surface area contributed by atoms with Gasteiger partial charge in [0.1, 0.15) is 0 Å². The van der Waals surface area contributed by atoms with E-state index < -0.39 is 5.97 Å². The summed E-state index contributed by atoms with van der Waals surface area (Å²) in [6.45, 7) is 0.540. The topological polar surface area (TPSA) is 89.9 Å². The van der Waals surface area contributed by atoms with Crippen LogP contribution < -0.4 is 5.32 Å². The summed E-state index contributed by atoms with van der Waals surface area (Å²) >= 11 is 0. The molecule has 6 nitrogen and oxygen atoms in total. The molecule has 2 amide bonds. The third kappa shape index (κ3) is 3.71. The van der Waals surface area contributed by atoms with E-state index in [1.165, 1.54) is 12.1 Å². The van der Waals surface area contributed by atoms with Crippen LogP contribution in [0.15, 0.2) is 24.3 Å². The second-order valence-corrected chi connectivity index (χ2v) is 4.81. The van der Waals surface area contributed by atoms with Crippen molar-refractivity contribution in [2.75, 3.05) is 13.2 Å². The molecular formula is C14H18N2O4. The zero-order chi connectivity index (χ0) is 14.5. The molecule has 1 aliphatic carbocycles. The van der Waals surface area contributed by atoms with Crippen LogP contribution >= 0.6 is 0 Å². The van der Waals surface area contributed by atoms with E-state index in [0.717, 1.165) is 18.4 Å². The van der Waals surface area contributed by atoms with E-state index in [4.69, 9.17) is 10.2 Å². The lowest BCUT2D eigenvalue weighted by Crippen LogP contribution is -2.42. The number of rotatable bonds is 6. The van der Waals surface area contributed by atoms with Crippen molar-refractivity contribution < 1.29 is 19.8 Å². The lowest BCUT2D eigenvalue weighted by atomic mass is 10.1. The lowest BCUT2D eigenvalue weighted by molar-refractivity contribution is 0.0696. The predicted octanol–water partition coefficient (Wildman–Crippen LogP) is 1.05. The van der Waals surface area contributed by atoms with Crippen molar-refractivity contribution in [1.82, 2.24) is 10.2 Å². The fourth-order valence-electron chi connectivity index (χ4n) is 2.04. The van der Waals surface area contributed by atoms with Gasteiger partial charge in [-0.05, 0) is 30.5 Å². The third-order valence-corrected chi connectivity index (χ3v) is 3.21. The number of urea groups is 1. The second kappa shape index (κ2) is 6.38. The maximum Gasteiger partial charge on any atom is 0.335 e. The Kier molecular flexibility index (Phi) is 4.57. The summed E-state index contributed by atoms with van der Waals surface area (Å²) < 4.78 is 0. The SMILES string of the molecule is O=C(O)c1cccc(CNC(=O)N(CCO)C2CC2)c1. The first-order chi connectivity index (χ1) is 9.61. The molecule has 0 aromatic heterocycles. The van der Waals surface area contributed by atoms with Crippen LogP contribution in [0.5, 0.6) is 0 Å². The number of aliphatic hydroxyl groups excluding tert-OH is 1. The van der Waals surface area contributed by atoms with E-state index in [1.807, 2.05) is 0 Å². The average Bonchev–Trinajstić information content (AvgIpc) is 3.27. The Bertz CT molecular complexity index is 500. The number of carboxylic acid groups (broad SMARTS) is 1. The third-order valence-electron chi connectivity index (χ3n) is 3.21. The monoisotopic (exact) mass is 278 g/mol. The van der Waals surface area contributed by atoms with Gasteiger partial charge >= 0.3 is 12.0 Å². The standard InChI is InChI=1S/C14H18N2O4/c17-7-6-16(12-4-5-12)14(20)15-9-10-2-1-3-11(8-10)13(18)19/h1-3,8,12,17H,4-7,9H2,(H,15,20)(H,18,19). The number of nitrogens with one attached hydrogen (secondary N) is 1. The predicted molar refractivity (Wildman–Crippen MR) is 72.5 cm³/mol. The molecule has 0 aliphatic heterocycles. The van der Waals surface area contributed by atoms with Gasteiger partial charge in [-0.2, -0.15) is 0 Å². The van der Waals surface area contributed by atoms with E-state index in [-0.39, 0.29) is 30.8 Å². The highest BCUT2D eigenvalue weighted by Gasteiger charge is 2.31. The first-order valence-corrected chi connectivity index (χ1v) is 6.59. The normalized spacial score (nSPS) is 13.8. The number of carbonyl (C=O) groups excluding carboxylic acids is 1. The Labute approximate surface area is 117 Å². The van der Waals surface area contributed by atoms with E-state index in [2.05, 4.69) is 5.32 Å². The second-order valence-electron chi connectivity index (χ2n) is 4.81. The smallest absolute Gasteiger partial charge is 0.335 e. The van der Waals surface area contributed by atoms with E-state index in [0.29, 0.717) is 6.54 Å². The molecule has 0 atom stereocenters. The summed E-state index contributed by atoms with van der Waals surface area (Å²) in [5, 5.41) is 20.6. The largest absolute Gasteiger partial charge is 0.478 e. The molecule has 0 saturated heterocycles. The van der Waals surface area contributed by atoms with E-state index in [9.17, 15) is 9.59 Å². The Morgan fingerprint density at radius 2 is 2.10 bits per heavy atom. The lowest BCUT2D eigenvalue weighted by Gasteiger charge is -2.21. The Hall–Kier alpha value is -2.08. The zero-order valence-corrected chi connectivity index (χ0v) is 11.1. The Morgan fingerprint density at radius 1 is 1.35 bits per heavy atom. The molecule has 2 rings (SSSR count). The average molecular weight is 278 g/mol. The molecule has 1 fully saturated rings. The van der Waals surface area contributed by atoms with Crippen LogP contribution in [0.1, 0.15) is 28.8 Å². The minimum atomic E-state index is -0.988. The molecule has 20 heavy (non-hydrogen) atoms. The van der Waals surface area contributed by atoms with Gasteiger partial charge in [-0.25, -0.2) is 9.59 Å². The van der Waals surface area contributed by atoms with Crippen molar-refractivity contribution in [2.45, 2.75) is 25.4 Å². The molecule has 3 N–H and O–H groups in total. The van der Waals surface area contributed by atoms with Crippen molar-refractivity contribution in [1.29, 1.82) is 0 Å². The van der Waals surface area contributed by atoms with Gasteiger partial charge in [0.15, 0.2) is 0 Å². The molecule has 1 aromatic carbocycles. The van der Waals surface area contributed by atoms with Gasteiger partial charge < -0.3 is 20.4 Å². The van der Waals surface area contributed by atoms with Crippen LogP contribution in [-0.2, 0) is 6.54 Å². The fourth-order valence-corrected chi connectivity index (χ4v) is 2.04. The van der Waals surface area contributed by atoms with E-state index in [1.54, 1.807) is 17.0 Å². The van der Waals surface area contributed by atoms with Crippen molar-refractivity contribution in [3.63, 3.8) is 0 Å². The Morgan fingerprint density at radius 3 is 2.70 bits per heavy atom. The van der Waals surface area contributed by atoms with Crippen molar-refractivity contribution in [2.24, 2.45) is 0 Å². The van der Waals surface area contributed by atoms with Gasteiger partial charge in [0.05, 0.1) is 12.2 Å². The highest BCUT2D eigenvalue weighted by atomic mass is 16.4. The Balaban J connectivity index is 1.92. The summed E-state index contributed by atoms with van der Waals surface area (Å²) in [7, 11) is 0. The summed E-state index contributed by atoms with van der Waals surface area (Å²) in [6.07, 6.45) is 1.95. The van der Waals surface area contributed by atoms with Crippen LogP contribution in [-0.4, -0.2) is 46.3 Å². The number of carboxylic acids is 1. The highest BCUT2D eigenvalue weighted by molar-refractivity contribution is 5.87. The fraction of sp³-hybridized carbons (Fsp3) is 0.429. The zero-order valence-electron chi connectivity index (χ0n) is 11.1. The van der Waals surface area contributed by atoms with Crippen molar-refractivity contribution >= 4 is 12.0 Å². The molecule has 0 radical (unpaired) electrons. The summed E-state index contributed by atoms with van der Waals surface area (Å²) in [4.78, 5) is 24.5. The van der Waals surface area contributed by atoms with Crippen LogP contribution in [0.25, 0.3) is 0 Å². The number of carbonyl (C=O) groups is 2. The molecule has 0 bridgehead atoms. The molecular weight excluding hydrogens is 260 g/mol. The number of amides is 2. The van der Waals surface area contributed by atoms with Crippen LogP contribution in [0.4, 0.5) is 4.79 Å². The number of aliphatic hydroxyl groups is 1. The molecule has 0 heterocycles. The molecule has 108 valence electrons. The number of hydrogen-bond donors (Lipinski definition) is 3. The van der Waals surface area contributed by atoms with Gasteiger partial charge in [0.25, 0.3) is 0 Å². The first kappa shape index (κ1) is 14.3. The number of nitrogens with zero attached hydrogens (tertiary/aromatic N) is 1. The number of aromatic carboxylic acids is 1. The van der Waals surface area contributed by atoms with Crippen molar-refractivity contribution in [3.8, 4) is 0 Å². The number of benzene rings is 1. The van der Waals surface area contributed by atoms with Crippen LogP contribution in [0.3, 0.4) is 0 Å². The molecule has 1 aromatic rings. The van der Waals surface area contributed by atoms with Crippen molar-refractivity contribution in [3.05, 3.63) is 35.4 Å². The summed E-state index contributed by atoms with van der Waals surface area (Å²) in [5.74, 6) is -0.988. The molecule has 0 unspecified atom stereocenters. The maximum absolute atomic E-state index is 12.0. The minimum absolute atomic E-state index is 0.0571. The highest BCUT2D eigenvalue weighted by Crippen LogP contribution is 2.26. The van der Waals surface area contributed by atoms with Gasteiger partial charge in [0.2, 0.25) is 0 Å². The summed E-state index contributed by atoms with van der Waals surface area (Å²) in [6, 6.07) is 6.47. The van der Waals surface area contributed by atoms with Crippen LogP contribution in [0.2, 0.25) is 0 Å². The van der Waals surface area contributed by atoms with Crippen LogP contribution in [0, 0.1) is 0 Å². The number of hydrogen-bond acceptors (Lipinski definition) is 3. The molecule has 1 aliphatic rings. The molecule has 1 saturated carbocycles. The van der Waals surface area contributed by atoms with Gasteiger partial charge in [0, 0.05) is 19.1 Å². The van der Waals surface area contributed by atoms with E-state index >= 15 is 0 Å². The molecule has 0 spiro atoms. The maximum atomic E-state index is 12.0. The van der Waals surface area contributed by atoms with Gasteiger partial charge in [-0.15, -0.1) is 0 Å². The minimum Gasteiger partial charge on any atom is -0.478 e.